The number of aromatic amines is 1. The maximum absolute atomic E-state index is 12.5. The van der Waals surface area contributed by atoms with Crippen LogP contribution in [0.2, 0.25) is 10.0 Å². The molecule has 136 valence electrons. The lowest BCUT2D eigenvalue weighted by Crippen LogP contribution is -2.11. The molecule has 2 aromatic carbocycles. The summed E-state index contributed by atoms with van der Waals surface area (Å²) in [6, 6.07) is 8.66. The van der Waals surface area contributed by atoms with Crippen LogP contribution in [0.4, 0.5) is 10.7 Å². The Labute approximate surface area is 158 Å². The van der Waals surface area contributed by atoms with Crippen molar-refractivity contribution in [3.8, 4) is 5.75 Å². The molecular formula is C15H11Cl2N3O5S. The molecule has 0 unspecified atom stereocenters. The third-order valence-electron chi connectivity index (χ3n) is 3.23. The van der Waals surface area contributed by atoms with Crippen molar-refractivity contribution >= 4 is 56.4 Å². The van der Waals surface area contributed by atoms with Crippen LogP contribution in [0.15, 0.2) is 41.3 Å². The molecule has 8 nitrogen and oxygen atoms in total. The van der Waals surface area contributed by atoms with Crippen LogP contribution in [0.5, 0.6) is 5.75 Å². The minimum Gasteiger partial charge on any atom is -0.453 e. The zero-order valence-corrected chi connectivity index (χ0v) is 15.4. The Morgan fingerprint density at radius 2 is 1.88 bits per heavy atom. The predicted molar refractivity (Wildman–Crippen MR) is 96.4 cm³/mol. The predicted octanol–water partition coefficient (Wildman–Crippen LogP) is 3.82. The summed E-state index contributed by atoms with van der Waals surface area (Å²) >= 11 is 11.9. The van der Waals surface area contributed by atoms with Crippen LogP contribution in [-0.4, -0.2) is 31.6 Å². The van der Waals surface area contributed by atoms with E-state index in [1.165, 1.54) is 43.5 Å². The van der Waals surface area contributed by atoms with Gasteiger partial charge < -0.3 is 13.9 Å². The van der Waals surface area contributed by atoms with E-state index in [0.29, 0.717) is 11.0 Å². The smallest absolute Gasteiger partial charge is 0.413 e. The molecule has 0 saturated heterocycles. The van der Waals surface area contributed by atoms with Gasteiger partial charge in [-0.2, -0.15) is 8.42 Å². The van der Waals surface area contributed by atoms with Crippen LogP contribution in [0.3, 0.4) is 0 Å². The van der Waals surface area contributed by atoms with Crippen molar-refractivity contribution in [2.45, 2.75) is 4.90 Å². The lowest BCUT2D eigenvalue weighted by molar-refractivity contribution is 0.186. The number of rotatable bonds is 4. The Morgan fingerprint density at radius 1 is 1.19 bits per heavy atom. The Kier molecular flexibility index (Phi) is 4.94. The molecule has 1 aromatic heterocycles. The van der Waals surface area contributed by atoms with Gasteiger partial charge >= 0.3 is 16.2 Å². The van der Waals surface area contributed by atoms with Crippen LogP contribution in [0.1, 0.15) is 0 Å². The molecule has 0 fully saturated rings. The number of anilines is 1. The first-order valence-electron chi connectivity index (χ1n) is 7.03. The van der Waals surface area contributed by atoms with Crippen LogP contribution in [0, 0.1) is 0 Å². The van der Waals surface area contributed by atoms with Crippen LogP contribution in [0.25, 0.3) is 11.0 Å². The zero-order valence-electron chi connectivity index (χ0n) is 13.1. The lowest BCUT2D eigenvalue weighted by atomic mass is 10.3. The number of H-pyrrole nitrogens is 1. The Morgan fingerprint density at radius 3 is 2.54 bits per heavy atom. The fourth-order valence-corrected chi connectivity index (χ4v) is 4.16. The molecular weight excluding hydrogens is 405 g/mol. The maximum atomic E-state index is 12.5. The highest BCUT2D eigenvalue weighted by atomic mass is 35.5. The number of amides is 1. The summed E-state index contributed by atoms with van der Waals surface area (Å²) in [4.78, 5) is 17.8. The fourth-order valence-electron chi connectivity index (χ4n) is 2.14. The van der Waals surface area contributed by atoms with Gasteiger partial charge in [0.2, 0.25) is 5.95 Å². The molecule has 0 saturated carbocycles. The monoisotopic (exact) mass is 415 g/mol. The van der Waals surface area contributed by atoms with Gasteiger partial charge in [-0.25, -0.2) is 9.78 Å². The second-order valence-corrected chi connectivity index (χ2v) is 7.27. The number of benzene rings is 2. The summed E-state index contributed by atoms with van der Waals surface area (Å²) in [6.07, 6.45) is -0.698. The van der Waals surface area contributed by atoms with E-state index in [1.54, 1.807) is 0 Å². The van der Waals surface area contributed by atoms with E-state index in [9.17, 15) is 13.2 Å². The first kappa shape index (κ1) is 18.3. The molecule has 0 bridgehead atoms. The van der Waals surface area contributed by atoms with E-state index in [1.807, 2.05) is 0 Å². The SMILES string of the molecule is COC(=O)Nc1nc2ccc(OS(=O)(=O)c3c(Cl)cccc3Cl)cc2[nH]1. The van der Waals surface area contributed by atoms with Crippen molar-refractivity contribution in [3.63, 3.8) is 0 Å². The van der Waals surface area contributed by atoms with Gasteiger partial charge in [0.1, 0.15) is 10.6 Å². The van der Waals surface area contributed by atoms with Crippen molar-refractivity contribution in [2.75, 3.05) is 12.4 Å². The number of halogens is 2. The van der Waals surface area contributed by atoms with Gasteiger partial charge in [-0.05, 0) is 24.3 Å². The lowest BCUT2D eigenvalue weighted by Gasteiger charge is -2.09. The minimum atomic E-state index is -4.25. The highest BCUT2D eigenvalue weighted by Gasteiger charge is 2.24. The van der Waals surface area contributed by atoms with Gasteiger partial charge in [-0.3, -0.25) is 5.32 Å². The molecule has 0 aliphatic heterocycles. The number of hydrogen-bond donors (Lipinski definition) is 2. The average molecular weight is 416 g/mol. The van der Waals surface area contributed by atoms with Crippen molar-refractivity contribution in [1.29, 1.82) is 0 Å². The van der Waals surface area contributed by atoms with Crippen molar-refractivity contribution in [2.24, 2.45) is 0 Å². The second kappa shape index (κ2) is 7.02. The van der Waals surface area contributed by atoms with Gasteiger partial charge in [-0.15, -0.1) is 0 Å². The summed E-state index contributed by atoms with van der Waals surface area (Å²) in [5, 5.41) is 2.27. The van der Waals surface area contributed by atoms with Gasteiger partial charge in [0.05, 0.1) is 28.2 Å². The number of nitrogens with zero attached hydrogens (tertiary/aromatic N) is 1. The summed E-state index contributed by atoms with van der Waals surface area (Å²) in [7, 11) is -3.03. The molecule has 1 heterocycles. The first-order valence-corrected chi connectivity index (χ1v) is 9.20. The molecule has 0 aliphatic carbocycles. The molecule has 26 heavy (non-hydrogen) atoms. The zero-order chi connectivity index (χ0) is 18.9. The molecule has 3 aromatic rings. The Hall–Kier alpha value is -2.49. The van der Waals surface area contributed by atoms with Crippen LogP contribution in [-0.2, 0) is 14.9 Å². The number of methoxy groups -OCH3 is 1. The standard InChI is InChI=1S/C15H11Cl2N3O5S/c1-24-15(21)20-14-18-11-6-5-8(7-12(11)19-14)25-26(22,23)13-9(16)3-2-4-10(13)17/h2-7H,1H3,(H2,18,19,20,21). The summed E-state index contributed by atoms with van der Waals surface area (Å²) in [5.74, 6) is 0.155. The highest BCUT2D eigenvalue weighted by Crippen LogP contribution is 2.32. The first-order chi connectivity index (χ1) is 12.3. The normalized spacial score (nSPS) is 11.3. The quantitative estimate of drug-likeness (QED) is 0.626. The third-order valence-corrected chi connectivity index (χ3v) is 5.44. The molecule has 3 rings (SSSR count). The van der Waals surface area contributed by atoms with Gasteiger partial charge in [0, 0.05) is 6.07 Å². The molecule has 1 amide bonds. The number of imidazole rings is 1. The fraction of sp³-hybridized carbons (Fsp3) is 0.0667. The van der Waals surface area contributed by atoms with Gasteiger partial charge in [0.25, 0.3) is 0 Å². The van der Waals surface area contributed by atoms with E-state index in [-0.39, 0.29) is 26.6 Å². The second-order valence-electron chi connectivity index (χ2n) is 4.97. The molecule has 0 radical (unpaired) electrons. The van der Waals surface area contributed by atoms with E-state index in [0.717, 1.165) is 0 Å². The Bertz CT molecular complexity index is 1080. The number of hydrogen-bond acceptors (Lipinski definition) is 6. The van der Waals surface area contributed by atoms with Gasteiger partial charge in [-0.1, -0.05) is 29.3 Å². The number of fused-ring (bicyclic) bond motifs is 1. The maximum Gasteiger partial charge on any atom is 0.413 e. The highest BCUT2D eigenvalue weighted by molar-refractivity contribution is 7.87. The molecule has 0 atom stereocenters. The summed E-state index contributed by atoms with van der Waals surface area (Å²) < 4.78 is 34.5. The third kappa shape index (κ3) is 3.69. The van der Waals surface area contributed by atoms with E-state index >= 15 is 0 Å². The van der Waals surface area contributed by atoms with Crippen molar-refractivity contribution < 1.29 is 22.1 Å². The topological polar surface area (TPSA) is 110 Å². The molecule has 2 N–H and O–H groups in total. The number of carbonyl (C=O) groups excluding carboxylic acids is 1. The average Bonchev–Trinajstić information content (AvgIpc) is 2.95. The van der Waals surface area contributed by atoms with E-state index in [4.69, 9.17) is 27.4 Å². The summed E-state index contributed by atoms with van der Waals surface area (Å²) in [5.41, 5.74) is 0.922. The van der Waals surface area contributed by atoms with E-state index in [2.05, 4.69) is 20.0 Å². The summed E-state index contributed by atoms with van der Waals surface area (Å²) in [6.45, 7) is 0. The van der Waals surface area contributed by atoms with Crippen LogP contribution < -0.4 is 9.50 Å². The number of ether oxygens (including phenoxy) is 1. The number of carbonyl (C=O) groups is 1. The Balaban J connectivity index is 1.92. The number of nitrogens with one attached hydrogen (secondary N) is 2. The van der Waals surface area contributed by atoms with Crippen molar-refractivity contribution in [3.05, 3.63) is 46.4 Å². The molecule has 11 heteroatoms. The number of aromatic nitrogens is 2. The van der Waals surface area contributed by atoms with Crippen molar-refractivity contribution in [1.82, 2.24) is 9.97 Å². The molecule has 0 spiro atoms. The van der Waals surface area contributed by atoms with Crippen LogP contribution >= 0.6 is 23.2 Å². The van der Waals surface area contributed by atoms with E-state index < -0.39 is 16.2 Å². The molecule has 0 aliphatic rings. The minimum absolute atomic E-state index is 0.0155. The largest absolute Gasteiger partial charge is 0.453 e. The van der Waals surface area contributed by atoms with Gasteiger partial charge in [0.15, 0.2) is 0 Å².